The number of ether oxygens (including phenoxy) is 1. The lowest BCUT2D eigenvalue weighted by atomic mass is 10.2. The molecule has 0 radical (unpaired) electrons. The van der Waals surface area contributed by atoms with Gasteiger partial charge in [0.2, 0.25) is 0 Å². The van der Waals surface area contributed by atoms with Gasteiger partial charge in [0.1, 0.15) is 11.5 Å². The minimum Gasteiger partial charge on any atom is -0.457 e. The molecule has 0 fully saturated rings. The van der Waals surface area contributed by atoms with E-state index in [2.05, 4.69) is 6.07 Å². The highest BCUT2D eigenvalue weighted by atomic mass is 35.5. The average Bonchev–Trinajstić information content (AvgIpc) is 2.44. The van der Waals surface area contributed by atoms with Gasteiger partial charge in [-0.05, 0) is 48.5 Å². The maximum absolute atomic E-state index is 8.64. The second-order valence-electron chi connectivity index (χ2n) is 3.19. The molecule has 0 saturated carbocycles. The minimum atomic E-state index is 0.614. The van der Waals surface area contributed by atoms with Crippen molar-refractivity contribution in [1.29, 1.82) is 5.26 Å². The molecule has 0 amide bonds. The summed E-state index contributed by atoms with van der Waals surface area (Å²) in [4.78, 5) is 0. The van der Waals surface area contributed by atoms with Crippen molar-refractivity contribution in [3.63, 3.8) is 0 Å². The molecule has 18 heavy (non-hydrogen) atoms. The topological polar surface area (TPSA) is 33.0 Å². The van der Waals surface area contributed by atoms with Gasteiger partial charge in [0, 0.05) is 5.02 Å². The van der Waals surface area contributed by atoms with E-state index < -0.39 is 0 Å². The van der Waals surface area contributed by atoms with Crippen molar-refractivity contribution in [2.24, 2.45) is 0 Å². The lowest BCUT2D eigenvalue weighted by molar-refractivity contribution is 0.482. The molecule has 0 aliphatic carbocycles. The van der Waals surface area contributed by atoms with Crippen LogP contribution in [0.2, 0.25) is 5.02 Å². The van der Waals surface area contributed by atoms with Crippen LogP contribution < -0.4 is 4.74 Å². The third-order valence-corrected chi connectivity index (χ3v) is 2.28. The van der Waals surface area contributed by atoms with Gasteiger partial charge >= 0.3 is 0 Å². The highest BCUT2D eigenvalue weighted by Gasteiger charge is 1.97. The SMILES string of the molecule is CC.N#Cc1ccc(Oc2ccc(Cl)cc2)cc1. The van der Waals surface area contributed by atoms with Gasteiger partial charge in [-0.1, -0.05) is 25.4 Å². The normalized spacial score (nSPS) is 8.78. The fraction of sp³-hybridized carbons (Fsp3) is 0.133. The number of rotatable bonds is 2. The Bertz CT molecular complexity index is 512. The molecule has 92 valence electrons. The summed E-state index contributed by atoms with van der Waals surface area (Å²) in [5.74, 6) is 1.41. The molecule has 0 aliphatic heterocycles. The zero-order valence-corrected chi connectivity index (χ0v) is 11.1. The van der Waals surface area contributed by atoms with E-state index in [4.69, 9.17) is 21.6 Å². The molecule has 3 heteroatoms. The largest absolute Gasteiger partial charge is 0.457 e. The minimum absolute atomic E-state index is 0.614. The number of nitriles is 1. The average molecular weight is 260 g/mol. The molecule has 2 rings (SSSR count). The summed E-state index contributed by atoms with van der Waals surface area (Å²) in [5.41, 5.74) is 0.614. The lowest BCUT2D eigenvalue weighted by Crippen LogP contribution is -1.83. The fourth-order valence-corrected chi connectivity index (χ4v) is 1.36. The molecule has 0 saturated heterocycles. The van der Waals surface area contributed by atoms with Crippen LogP contribution >= 0.6 is 11.6 Å². The highest BCUT2D eigenvalue weighted by Crippen LogP contribution is 2.23. The van der Waals surface area contributed by atoms with Gasteiger partial charge in [0.25, 0.3) is 0 Å². The summed E-state index contributed by atoms with van der Waals surface area (Å²) in [5, 5.41) is 9.32. The first-order chi connectivity index (χ1) is 8.78. The van der Waals surface area contributed by atoms with Crippen molar-refractivity contribution in [1.82, 2.24) is 0 Å². The number of nitrogens with zero attached hydrogens (tertiary/aromatic N) is 1. The molecule has 0 heterocycles. The first kappa shape index (κ1) is 14.1. The second-order valence-corrected chi connectivity index (χ2v) is 3.63. The van der Waals surface area contributed by atoms with Gasteiger partial charge in [0.05, 0.1) is 11.6 Å². The molecule has 0 aliphatic rings. The number of hydrogen-bond acceptors (Lipinski definition) is 2. The third-order valence-electron chi connectivity index (χ3n) is 2.03. The Balaban J connectivity index is 0.000000771. The highest BCUT2D eigenvalue weighted by molar-refractivity contribution is 6.30. The zero-order chi connectivity index (χ0) is 13.4. The van der Waals surface area contributed by atoms with Crippen LogP contribution in [0.1, 0.15) is 19.4 Å². The Labute approximate surface area is 112 Å². The van der Waals surface area contributed by atoms with Crippen LogP contribution in [-0.4, -0.2) is 0 Å². The van der Waals surface area contributed by atoms with Crippen molar-refractivity contribution < 1.29 is 4.74 Å². The van der Waals surface area contributed by atoms with Gasteiger partial charge in [-0.25, -0.2) is 0 Å². The number of halogens is 1. The Morgan fingerprint density at radius 3 is 1.78 bits per heavy atom. The smallest absolute Gasteiger partial charge is 0.127 e. The molecule has 2 aromatic carbocycles. The van der Waals surface area contributed by atoms with Crippen molar-refractivity contribution >= 4 is 11.6 Å². The first-order valence-corrected chi connectivity index (χ1v) is 6.09. The number of benzene rings is 2. The van der Waals surface area contributed by atoms with Crippen LogP contribution in [0.3, 0.4) is 0 Å². The summed E-state index contributed by atoms with van der Waals surface area (Å²) < 4.78 is 5.56. The van der Waals surface area contributed by atoms with Crippen LogP contribution in [0.25, 0.3) is 0 Å². The monoisotopic (exact) mass is 259 g/mol. The number of hydrogen-bond donors (Lipinski definition) is 0. The Morgan fingerprint density at radius 2 is 1.33 bits per heavy atom. The van der Waals surface area contributed by atoms with Crippen molar-refractivity contribution in [2.75, 3.05) is 0 Å². The van der Waals surface area contributed by atoms with Crippen LogP contribution in [0.15, 0.2) is 48.5 Å². The first-order valence-electron chi connectivity index (χ1n) is 5.71. The summed E-state index contributed by atoms with van der Waals surface area (Å²) in [6, 6.07) is 16.1. The molecular weight excluding hydrogens is 246 g/mol. The van der Waals surface area contributed by atoms with E-state index in [1.807, 2.05) is 13.8 Å². The van der Waals surface area contributed by atoms with Crippen LogP contribution in [0.5, 0.6) is 11.5 Å². The summed E-state index contributed by atoms with van der Waals surface area (Å²) >= 11 is 5.76. The Kier molecular flexibility index (Phi) is 5.76. The standard InChI is InChI=1S/C13H8ClNO.C2H6/c14-11-3-7-13(8-4-11)16-12-5-1-10(9-15)2-6-12;1-2/h1-8H;1-2H3. The Hall–Kier alpha value is -1.98. The second kappa shape index (κ2) is 7.37. The summed E-state index contributed by atoms with van der Waals surface area (Å²) in [6.45, 7) is 4.00. The van der Waals surface area contributed by atoms with E-state index in [9.17, 15) is 0 Å². The van der Waals surface area contributed by atoms with E-state index in [0.717, 1.165) is 0 Å². The molecule has 2 nitrogen and oxygen atoms in total. The molecule has 0 atom stereocenters. The molecular formula is C15H14ClNO. The molecule has 0 bridgehead atoms. The quantitative estimate of drug-likeness (QED) is 0.758. The third kappa shape index (κ3) is 4.12. The van der Waals surface area contributed by atoms with E-state index in [-0.39, 0.29) is 0 Å². The van der Waals surface area contributed by atoms with Crippen molar-refractivity contribution in [2.45, 2.75) is 13.8 Å². The van der Waals surface area contributed by atoms with Crippen LogP contribution in [0, 0.1) is 11.3 Å². The van der Waals surface area contributed by atoms with Crippen LogP contribution in [-0.2, 0) is 0 Å². The van der Waals surface area contributed by atoms with E-state index in [1.54, 1.807) is 48.5 Å². The van der Waals surface area contributed by atoms with E-state index >= 15 is 0 Å². The lowest BCUT2D eigenvalue weighted by Gasteiger charge is -2.05. The van der Waals surface area contributed by atoms with Gasteiger partial charge in [-0.3, -0.25) is 0 Å². The fourth-order valence-electron chi connectivity index (χ4n) is 1.24. The molecule has 0 spiro atoms. The predicted molar refractivity (Wildman–Crippen MR) is 74.0 cm³/mol. The molecule has 0 N–H and O–H groups in total. The maximum atomic E-state index is 8.64. The predicted octanol–water partition coefficient (Wildman–Crippen LogP) is 5.03. The zero-order valence-electron chi connectivity index (χ0n) is 10.4. The maximum Gasteiger partial charge on any atom is 0.127 e. The van der Waals surface area contributed by atoms with Gasteiger partial charge in [0.15, 0.2) is 0 Å². The van der Waals surface area contributed by atoms with Gasteiger partial charge < -0.3 is 4.74 Å². The van der Waals surface area contributed by atoms with Crippen LogP contribution in [0.4, 0.5) is 0 Å². The summed E-state index contributed by atoms with van der Waals surface area (Å²) in [6.07, 6.45) is 0. The summed E-state index contributed by atoms with van der Waals surface area (Å²) in [7, 11) is 0. The van der Waals surface area contributed by atoms with E-state index in [1.165, 1.54) is 0 Å². The molecule has 0 unspecified atom stereocenters. The van der Waals surface area contributed by atoms with Gasteiger partial charge in [-0.2, -0.15) is 5.26 Å². The van der Waals surface area contributed by atoms with E-state index in [0.29, 0.717) is 22.1 Å². The molecule has 2 aromatic rings. The van der Waals surface area contributed by atoms with Crippen molar-refractivity contribution in [3.8, 4) is 17.6 Å². The Morgan fingerprint density at radius 1 is 0.889 bits per heavy atom. The van der Waals surface area contributed by atoms with Gasteiger partial charge in [-0.15, -0.1) is 0 Å². The van der Waals surface area contributed by atoms with Crippen molar-refractivity contribution in [3.05, 3.63) is 59.1 Å². The molecule has 0 aromatic heterocycles.